The van der Waals surface area contributed by atoms with Crippen LogP contribution in [0.4, 0.5) is 0 Å². The minimum absolute atomic E-state index is 0.284. The second-order valence-corrected chi connectivity index (χ2v) is 7.57. The van der Waals surface area contributed by atoms with Crippen molar-refractivity contribution in [2.24, 2.45) is 11.1 Å². The summed E-state index contributed by atoms with van der Waals surface area (Å²) in [5.74, 6) is 0. The number of nitrogens with zero attached hydrogens (tertiary/aromatic N) is 1. The molecule has 108 valence electrons. The second kappa shape index (κ2) is 5.26. The SMILES string of the molecule is CCC1(C)CCN(S(=O)(=O)c2c[nH]c(CN)c2)CC1. The predicted molar refractivity (Wildman–Crippen MR) is 75.1 cm³/mol. The number of nitrogens with two attached hydrogens (primary N) is 1. The fourth-order valence-corrected chi connectivity index (χ4v) is 3.92. The minimum atomic E-state index is -3.36. The molecule has 0 unspecified atom stereocenters. The highest BCUT2D eigenvalue weighted by molar-refractivity contribution is 7.89. The summed E-state index contributed by atoms with van der Waals surface area (Å²) in [6.07, 6.45) is 4.49. The number of hydrogen-bond donors (Lipinski definition) is 2. The summed E-state index contributed by atoms with van der Waals surface area (Å²) in [5, 5.41) is 0. The number of nitrogens with one attached hydrogen (secondary N) is 1. The maximum atomic E-state index is 12.5. The number of sulfonamides is 1. The van der Waals surface area contributed by atoms with E-state index in [1.165, 1.54) is 6.20 Å². The molecule has 0 saturated carbocycles. The molecule has 0 aliphatic carbocycles. The lowest BCUT2D eigenvalue weighted by molar-refractivity contribution is 0.169. The molecule has 2 heterocycles. The van der Waals surface area contributed by atoms with Gasteiger partial charge in [-0.1, -0.05) is 20.3 Å². The topological polar surface area (TPSA) is 79.2 Å². The fourth-order valence-electron chi connectivity index (χ4n) is 2.45. The van der Waals surface area contributed by atoms with Crippen molar-refractivity contribution >= 4 is 10.0 Å². The van der Waals surface area contributed by atoms with Crippen LogP contribution in [0.5, 0.6) is 0 Å². The van der Waals surface area contributed by atoms with Gasteiger partial charge in [0.2, 0.25) is 10.0 Å². The van der Waals surface area contributed by atoms with Crippen LogP contribution in [-0.4, -0.2) is 30.8 Å². The average molecular weight is 285 g/mol. The Kier molecular flexibility index (Phi) is 4.03. The first kappa shape index (κ1) is 14.6. The van der Waals surface area contributed by atoms with Gasteiger partial charge in [0.25, 0.3) is 0 Å². The first-order valence-electron chi connectivity index (χ1n) is 6.79. The molecule has 0 spiro atoms. The second-order valence-electron chi connectivity index (χ2n) is 5.63. The summed E-state index contributed by atoms with van der Waals surface area (Å²) in [4.78, 5) is 3.22. The molecule has 0 amide bonds. The Bertz CT molecular complexity index is 528. The van der Waals surface area contributed by atoms with Gasteiger partial charge in [0, 0.05) is 31.5 Å². The average Bonchev–Trinajstić information content (AvgIpc) is 2.89. The molecule has 1 aromatic rings. The molecule has 1 aliphatic rings. The van der Waals surface area contributed by atoms with E-state index < -0.39 is 10.0 Å². The predicted octanol–water partition coefficient (Wildman–Crippen LogP) is 1.67. The Morgan fingerprint density at radius 1 is 1.42 bits per heavy atom. The molecule has 1 aromatic heterocycles. The van der Waals surface area contributed by atoms with Gasteiger partial charge >= 0.3 is 0 Å². The molecule has 5 nitrogen and oxygen atoms in total. The summed E-state index contributed by atoms with van der Waals surface area (Å²) in [6, 6.07) is 1.63. The number of piperidine rings is 1. The molecular weight excluding hydrogens is 262 g/mol. The lowest BCUT2D eigenvalue weighted by Gasteiger charge is -2.38. The number of rotatable bonds is 4. The normalized spacial score (nSPS) is 20.6. The van der Waals surface area contributed by atoms with E-state index in [4.69, 9.17) is 5.73 Å². The van der Waals surface area contributed by atoms with Crippen molar-refractivity contribution in [1.29, 1.82) is 0 Å². The van der Waals surface area contributed by atoms with Gasteiger partial charge in [0.05, 0.1) is 4.90 Å². The quantitative estimate of drug-likeness (QED) is 0.883. The Hall–Kier alpha value is -0.850. The van der Waals surface area contributed by atoms with Crippen LogP contribution >= 0.6 is 0 Å². The highest BCUT2D eigenvalue weighted by Gasteiger charge is 2.34. The standard InChI is InChI=1S/C13H23N3O2S/c1-3-13(2)4-6-16(7-5-13)19(17,18)12-8-11(9-14)15-10-12/h8,10,15H,3-7,9,14H2,1-2H3. The van der Waals surface area contributed by atoms with Crippen LogP contribution in [-0.2, 0) is 16.6 Å². The van der Waals surface area contributed by atoms with Crippen molar-refractivity contribution in [3.05, 3.63) is 18.0 Å². The lowest BCUT2D eigenvalue weighted by atomic mass is 9.79. The van der Waals surface area contributed by atoms with Crippen LogP contribution in [0, 0.1) is 5.41 Å². The summed E-state index contributed by atoms with van der Waals surface area (Å²) < 4.78 is 26.6. The smallest absolute Gasteiger partial charge is 0.244 e. The third-order valence-corrected chi connectivity index (χ3v) is 6.23. The third kappa shape index (κ3) is 2.85. The Morgan fingerprint density at radius 2 is 2.05 bits per heavy atom. The van der Waals surface area contributed by atoms with Crippen LogP contribution in [0.3, 0.4) is 0 Å². The number of aromatic nitrogens is 1. The van der Waals surface area contributed by atoms with E-state index in [-0.39, 0.29) is 5.41 Å². The zero-order chi connectivity index (χ0) is 14.1. The number of aromatic amines is 1. The lowest BCUT2D eigenvalue weighted by Crippen LogP contribution is -2.41. The van der Waals surface area contributed by atoms with E-state index in [0.29, 0.717) is 24.5 Å². The third-order valence-electron chi connectivity index (χ3n) is 4.36. The van der Waals surface area contributed by atoms with Crippen LogP contribution in [0.25, 0.3) is 0 Å². The molecule has 0 atom stereocenters. The Balaban J connectivity index is 2.14. The summed E-state index contributed by atoms with van der Waals surface area (Å²) in [6.45, 7) is 5.94. The van der Waals surface area contributed by atoms with Crippen molar-refractivity contribution in [2.45, 2.75) is 44.6 Å². The molecule has 3 N–H and O–H groups in total. The molecule has 0 aromatic carbocycles. The fraction of sp³-hybridized carbons (Fsp3) is 0.692. The van der Waals surface area contributed by atoms with Gasteiger partial charge in [-0.15, -0.1) is 0 Å². The molecule has 0 radical (unpaired) electrons. The molecule has 1 fully saturated rings. The van der Waals surface area contributed by atoms with E-state index >= 15 is 0 Å². The van der Waals surface area contributed by atoms with Gasteiger partial charge in [-0.3, -0.25) is 0 Å². The highest BCUT2D eigenvalue weighted by atomic mass is 32.2. The summed E-state index contributed by atoms with van der Waals surface area (Å²) >= 11 is 0. The van der Waals surface area contributed by atoms with E-state index in [1.807, 2.05) is 0 Å². The van der Waals surface area contributed by atoms with Crippen molar-refractivity contribution in [1.82, 2.24) is 9.29 Å². The van der Waals surface area contributed by atoms with Crippen LogP contribution in [0.2, 0.25) is 0 Å². The van der Waals surface area contributed by atoms with Crippen molar-refractivity contribution in [3.63, 3.8) is 0 Å². The molecule has 0 bridgehead atoms. The molecular formula is C13H23N3O2S. The highest BCUT2D eigenvalue weighted by Crippen LogP contribution is 2.35. The monoisotopic (exact) mass is 285 g/mol. The maximum Gasteiger partial charge on any atom is 0.244 e. The Morgan fingerprint density at radius 3 is 2.53 bits per heavy atom. The summed E-state index contributed by atoms with van der Waals surface area (Å²) in [5.41, 5.74) is 6.53. The molecule has 2 rings (SSSR count). The number of hydrogen-bond acceptors (Lipinski definition) is 3. The van der Waals surface area contributed by atoms with Gasteiger partial charge in [0.1, 0.15) is 0 Å². The van der Waals surface area contributed by atoms with Crippen LogP contribution in [0.15, 0.2) is 17.2 Å². The zero-order valence-corrected chi connectivity index (χ0v) is 12.5. The van der Waals surface area contributed by atoms with Gasteiger partial charge < -0.3 is 10.7 Å². The minimum Gasteiger partial charge on any atom is -0.363 e. The van der Waals surface area contributed by atoms with Crippen molar-refractivity contribution in [3.8, 4) is 0 Å². The van der Waals surface area contributed by atoms with Gasteiger partial charge in [-0.05, 0) is 24.3 Å². The Labute approximate surface area is 115 Å². The van der Waals surface area contributed by atoms with Crippen molar-refractivity contribution < 1.29 is 8.42 Å². The van der Waals surface area contributed by atoms with E-state index in [9.17, 15) is 8.42 Å². The zero-order valence-electron chi connectivity index (χ0n) is 11.6. The van der Waals surface area contributed by atoms with Crippen molar-refractivity contribution in [2.75, 3.05) is 13.1 Å². The van der Waals surface area contributed by atoms with E-state index in [2.05, 4.69) is 18.8 Å². The molecule has 6 heteroatoms. The van der Waals surface area contributed by atoms with Crippen LogP contribution in [0.1, 0.15) is 38.8 Å². The first-order chi connectivity index (χ1) is 8.91. The molecule has 19 heavy (non-hydrogen) atoms. The van der Waals surface area contributed by atoms with Gasteiger partial charge in [-0.25, -0.2) is 8.42 Å². The number of H-pyrrole nitrogens is 1. The van der Waals surface area contributed by atoms with E-state index in [1.54, 1.807) is 10.4 Å². The largest absolute Gasteiger partial charge is 0.363 e. The molecule has 1 aliphatic heterocycles. The first-order valence-corrected chi connectivity index (χ1v) is 8.23. The summed E-state index contributed by atoms with van der Waals surface area (Å²) in [7, 11) is -3.36. The molecule has 1 saturated heterocycles. The van der Waals surface area contributed by atoms with Gasteiger partial charge in [-0.2, -0.15) is 4.31 Å². The van der Waals surface area contributed by atoms with Gasteiger partial charge in [0.15, 0.2) is 0 Å². The van der Waals surface area contributed by atoms with E-state index in [0.717, 1.165) is 25.0 Å². The maximum absolute atomic E-state index is 12.5. The van der Waals surface area contributed by atoms with Crippen LogP contribution < -0.4 is 5.73 Å².